The Kier molecular flexibility index (Phi) is 3.83. The second kappa shape index (κ2) is 5.54. The highest BCUT2D eigenvalue weighted by Crippen LogP contribution is 2.16. The van der Waals surface area contributed by atoms with Crippen LogP contribution in [0.15, 0.2) is 35.7 Å². The first kappa shape index (κ1) is 12.4. The summed E-state index contributed by atoms with van der Waals surface area (Å²) in [5.41, 5.74) is 1.84. The van der Waals surface area contributed by atoms with E-state index in [2.05, 4.69) is 15.5 Å². The molecule has 0 saturated carbocycles. The molecule has 0 aliphatic heterocycles. The molecule has 1 aromatic carbocycles. The molecule has 1 amide bonds. The van der Waals surface area contributed by atoms with Crippen LogP contribution >= 0.6 is 11.8 Å². The quantitative estimate of drug-likeness (QED) is 0.635. The third-order valence-corrected chi connectivity index (χ3v) is 3.25. The lowest BCUT2D eigenvalue weighted by molar-refractivity contribution is -0.113. The molecule has 18 heavy (non-hydrogen) atoms. The summed E-state index contributed by atoms with van der Waals surface area (Å²) in [7, 11) is 0. The average Bonchev–Trinajstić information content (AvgIpc) is 2.75. The number of anilines is 1. The number of nitrogens with one attached hydrogen (secondary N) is 1. The Bertz CT molecular complexity index is 554. The van der Waals surface area contributed by atoms with E-state index in [0.717, 1.165) is 11.3 Å². The second-order valence-corrected chi connectivity index (χ2v) is 4.62. The third-order valence-electron chi connectivity index (χ3n) is 2.29. The molecule has 94 valence electrons. The minimum atomic E-state index is -0.0997. The van der Waals surface area contributed by atoms with Crippen molar-refractivity contribution in [2.75, 3.05) is 16.9 Å². The molecule has 0 radical (unpaired) electrons. The van der Waals surface area contributed by atoms with Crippen molar-refractivity contribution in [3.8, 4) is 0 Å². The number of nitrogen functional groups attached to an aromatic ring is 1. The van der Waals surface area contributed by atoms with Gasteiger partial charge < -0.3 is 11.2 Å². The van der Waals surface area contributed by atoms with Gasteiger partial charge in [0.25, 0.3) is 0 Å². The summed E-state index contributed by atoms with van der Waals surface area (Å²) in [5, 5.41) is 10.8. The van der Waals surface area contributed by atoms with E-state index in [-0.39, 0.29) is 11.7 Å². The number of hydrogen-bond acceptors (Lipinski definition) is 5. The predicted molar refractivity (Wildman–Crippen MR) is 70.7 cm³/mol. The van der Waals surface area contributed by atoms with Crippen molar-refractivity contribution < 1.29 is 4.79 Å². The van der Waals surface area contributed by atoms with E-state index in [0.29, 0.717) is 5.16 Å². The van der Waals surface area contributed by atoms with Crippen LogP contribution in [0.3, 0.4) is 0 Å². The van der Waals surface area contributed by atoms with Gasteiger partial charge in [-0.3, -0.25) is 4.79 Å². The van der Waals surface area contributed by atoms with Crippen molar-refractivity contribution in [2.24, 2.45) is 0 Å². The van der Waals surface area contributed by atoms with Crippen LogP contribution in [-0.2, 0) is 4.79 Å². The number of carbonyl (C=O) groups is 1. The third kappa shape index (κ3) is 3.01. The number of nitrogens with zero attached hydrogens (tertiary/aromatic N) is 3. The van der Waals surface area contributed by atoms with Gasteiger partial charge in [-0.1, -0.05) is 30.0 Å². The topological polar surface area (TPSA) is 85.8 Å². The van der Waals surface area contributed by atoms with Crippen LogP contribution < -0.4 is 11.2 Å². The summed E-state index contributed by atoms with van der Waals surface area (Å²) in [6, 6.07) is 7.62. The van der Waals surface area contributed by atoms with Gasteiger partial charge in [-0.15, -0.1) is 10.2 Å². The Morgan fingerprint density at radius 2 is 2.28 bits per heavy atom. The number of thioether (sulfide) groups is 1. The van der Waals surface area contributed by atoms with Gasteiger partial charge in [-0.05, 0) is 18.6 Å². The van der Waals surface area contributed by atoms with E-state index >= 15 is 0 Å². The van der Waals surface area contributed by atoms with E-state index in [4.69, 9.17) is 5.84 Å². The Morgan fingerprint density at radius 1 is 1.50 bits per heavy atom. The zero-order valence-corrected chi connectivity index (χ0v) is 10.6. The molecule has 0 aliphatic carbocycles. The summed E-state index contributed by atoms with van der Waals surface area (Å²) < 4.78 is 1.28. The molecule has 0 saturated heterocycles. The summed E-state index contributed by atoms with van der Waals surface area (Å²) in [5.74, 6) is 5.68. The Balaban J connectivity index is 1.90. The molecule has 2 aromatic rings. The van der Waals surface area contributed by atoms with Crippen LogP contribution in [0.4, 0.5) is 5.69 Å². The fourth-order valence-electron chi connectivity index (χ4n) is 1.36. The van der Waals surface area contributed by atoms with Crippen LogP contribution in [0.2, 0.25) is 0 Å². The maximum Gasteiger partial charge on any atom is 0.234 e. The summed E-state index contributed by atoms with van der Waals surface area (Å²) in [6.07, 6.45) is 1.39. The molecule has 0 fully saturated rings. The predicted octanol–water partition coefficient (Wildman–Crippen LogP) is 1.03. The largest absolute Gasteiger partial charge is 0.336 e. The van der Waals surface area contributed by atoms with Gasteiger partial charge in [0.15, 0.2) is 0 Å². The maximum absolute atomic E-state index is 11.7. The average molecular weight is 263 g/mol. The molecular formula is C11H13N5OS. The number of para-hydroxylation sites is 1. The minimum absolute atomic E-state index is 0.0997. The molecule has 2 rings (SSSR count). The lowest BCUT2D eigenvalue weighted by atomic mass is 10.2. The van der Waals surface area contributed by atoms with E-state index in [1.54, 1.807) is 0 Å². The molecule has 0 bridgehead atoms. The number of benzene rings is 1. The van der Waals surface area contributed by atoms with Gasteiger partial charge in [0.05, 0.1) is 5.75 Å². The minimum Gasteiger partial charge on any atom is -0.336 e. The van der Waals surface area contributed by atoms with E-state index in [9.17, 15) is 4.79 Å². The Hall–Kier alpha value is -2.02. The Labute approximate surface area is 109 Å². The standard InChI is InChI=1S/C11H13N5OS/c1-8-4-2-3-5-9(8)14-10(17)6-18-11-15-13-7-16(11)12/h2-5,7H,6,12H2,1H3,(H,14,17). The number of carbonyl (C=O) groups excluding carboxylic acids is 1. The molecule has 0 unspecified atom stereocenters. The molecule has 0 atom stereocenters. The molecule has 1 aromatic heterocycles. The van der Waals surface area contributed by atoms with Gasteiger partial charge in [0, 0.05) is 5.69 Å². The number of rotatable bonds is 4. The summed E-state index contributed by atoms with van der Waals surface area (Å²) in [6.45, 7) is 1.94. The highest BCUT2D eigenvalue weighted by Gasteiger charge is 2.08. The fraction of sp³-hybridized carbons (Fsp3) is 0.182. The van der Waals surface area contributed by atoms with Gasteiger partial charge in [0.1, 0.15) is 6.33 Å². The molecular weight excluding hydrogens is 250 g/mol. The monoisotopic (exact) mass is 263 g/mol. The van der Waals surface area contributed by atoms with E-state index in [1.807, 2.05) is 31.2 Å². The van der Waals surface area contributed by atoms with Crippen molar-refractivity contribution in [3.63, 3.8) is 0 Å². The van der Waals surface area contributed by atoms with Crippen molar-refractivity contribution >= 4 is 23.4 Å². The van der Waals surface area contributed by atoms with Gasteiger partial charge in [0.2, 0.25) is 11.1 Å². The number of amides is 1. The number of nitrogens with two attached hydrogens (primary N) is 1. The van der Waals surface area contributed by atoms with Gasteiger partial charge in [-0.2, -0.15) is 0 Å². The molecule has 3 N–H and O–H groups in total. The van der Waals surface area contributed by atoms with Crippen LogP contribution in [0.5, 0.6) is 0 Å². The molecule has 7 heteroatoms. The SMILES string of the molecule is Cc1ccccc1NC(=O)CSc1nncn1N. The van der Waals surface area contributed by atoms with E-state index < -0.39 is 0 Å². The number of hydrogen-bond donors (Lipinski definition) is 2. The van der Waals surface area contributed by atoms with Gasteiger partial charge in [-0.25, -0.2) is 4.68 Å². The van der Waals surface area contributed by atoms with Crippen molar-refractivity contribution in [3.05, 3.63) is 36.2 Å². The smallest absolute Gasteiger partial charge is 0.234 e. The van der Waals surface area contributed by atoms with Crippen molar-refractivity contribution in [1.82, 2.24) is 14.9 Å². The maximum atomic E-state index is 11.7. The summed E-state index contributed by atoms with van der Waals surface area (Å²) >= 11 is 1.24. The van der Waals surface area contributed by atoms with Crippen LogP contribution in [0, 0.1) is 6.92 Å². The number of aryl methyl sites for hydroxylation is 1. The zero-order valence-electron chi connectivity index (χ0n) is 9.83. The first-order valence-corrected chi connectivity index (χ1v) is 6.29. The highest BCUT2D eigenvalue weighted by molar-refractivity contribution is 7.99. The lowest BCUT2D eigenvalue weighted by Gasteiger charge is -2.07. The first-order chi connectivity index (χ1) is 8.66. The summed E-state index contributed by atoms with van der Waals surface area (Å²) in [4.78, 5) is 11.7. The van der Waals surface area contributed by atoms with E-state index in [1.165, 1.54) is 22.8 Å². The van der Waals surface area contributed by atoms with Crippen LogP contribution in [0.25, 0.3) is 0 Å². The van der Waals surface area contributed by atoms with Crippen LogP contribution in [0.1, 0.15) is 5.56 Å². The fourth-order valence-corrected chi connectivity index (χ4v) is 2.00. The second-order valence-electron chi connectivity index (χ2n) is 3.67. The van der Waals surface area contributed by atoms with Crippen LogP contribution in [-0.4, -0.2) is 26.5 Å². The first-order valence-electron chi connectivity index (χ1n) is 5.30. The molecule has 1 heterocycles. The highest BCUT2D eigenvalue weighted by atomic mass is 32.2. The zero-order chi connectivity index (χ0) is 13.0. The lowest BCUT2D eigenvalue weighted by Crippen LogP contribution is -2.16. The van der Waals surface area contributed by atoms with Crippen molar-refractivity contribution in [1.29, 1.82) is 0 Å². The molecule has 0 spiro atoms. The normalized spacial score (nSPS) is 10.3. The molecule has 0 aliphatic rings. The van der Waals surface area contributed by atoms with Crippen molar-refractivity contribution in [2.45, 2.75) is 12.1 Å². The van der Waals surface area contributed by atoms with Gasteiger partial charge >= 0.3 is 0 Å². The Morgan fingerprint density at radius 3 is 2.94 bits per heavy atom. The molecule has 6 nitrogen and oxygen atoms in total. The number of aromatic nitrogens is 3.